The average molecular weight is 229 g/mol. The van der Waals surface area contributed by atoms with Crippen LogP contribution in [-0.4, -0.2) is 13.6 Å². The summed E-state index contributed by atoms with van der Waals surface area (Å²) in [6.07, 6.45) is -3.55. The molecule has 0 saturated carbocycles. The molecule has 0 radical (unpaired) electrons. The number of halogens is 3. The normalized spacial score (nSPS) is 11.5. The van der Waals surface area contributed by atoms with Gasteiger partial charge in [-0.3, -0.25) is 0 Å². The third-order valence-electron chi connectivity index (χ3n) is 2.30. The molecule has 4 heteroatoms. The van der Waals surface area contributed by atoms with Gasteiger partial charge < -0.3 is 5.32 Å². The number of alkyl halides is 3. The maximum atomic E-state index is 12.3. The van der Waals surface area contributed by atoms with Gasteiger partial charge in [0.05, 0.1) is 5.56 Å². The molecule has 1 aromatic carbocycles. The molecule has 0 unspecified atom stereocenters. The number of hydrogen-bond donors (Lipinski definition) is 1. The van der Waals surface area contributed by atoms with Gasteiger partial charge in [0, 0.05) is 0 Å². The molecule has 0 heterocycles. The molecule has 0 atom stereocenters. The van der Waals surface area contributed by atoms with Crippen molar-refractivity contribution in [3.05, 3.63) is 42.0 Å². The lowest BCUT2D eigenvalue weighted by atomic mass is 10.0. The summed E-state index contributed by atoms with van der Waals surface area (Å²) in [5.74, 6) is 0. The molecule has 0 amide bonds. The van der Waals surface area contributed by atoms with E-state index in [1.807, 2.05) is 7.05 Å². The first kappa shape index (κ1) is 12.8. The molecule has 0 aliphatic carbocycles. The summed E-state index contributed by atoms with van der Waals surface area (Å²) in [4.78, 5) is 0. The van der Waals surface area contributed by atoms with E-state index in [-0.39, 0.29) is 0 Å². The van der Waals surface area contributed by atoms with Gasteiger partial charge in [-0.05, 0) is 43.3 Å². The molecule has 0 spiro atoms. The minimum absolute atomic E-state index is 0.627. The molecule has 1 aromatic rings. The van der Waals surface area contributed by atoms with Crippen molar-refractivity contribution in [1.82, 2.24) is 5.32 Å². The monoisotopic (exact) mass is 229 g/mol. The Hall–Kier alpha value is -1.29. The maximum Gasteiger partial charge on any atom is 0.416 e. The van der Waals surface area contributed by atoms with Crippen molar-refractivity contribution in [3.63, 3.8) is 0 Å². The van der Waals surface area contributed by atoms with E-state index in [0.29, 0.717) is 0 Å². The van der Waals surface area contributed by atoms with Crippen molar-refractivity contribution < 1.29 is 13.2 Å². The van der Waals surface area contributed by atoms with Gasteiger partial charge >= 0.3 is 6.18 Å². The number of nitrogens with one attached hydrogen (secondary N) is 1. The van der Waals surface area contributed by atoms with Crippen molar-refractivity contribution in [3.8, 4) is 0 Å². The molecule has 1 N–H and O–H groups in total. The minimum atomic E-state index is -4.27. The summed E-state index contributed by atoms with van der Waals surface area (Å²) in [5, 5.41) is 2.96. The van der Waals surface area contributed by atoms with Crippen molar-refractivity contribution in [2.45, 2.75) is 12.6 Å². The lowest BCUT2D eigenvalue weighted by Gasteiger charge is -2.09. The van der Waals surface area contributed by atoms with E-state index in [9.17, 15) is 13.2 Å². The van der Waals surface area contributed by atoms with Crippen LogP contribution >= 0.6 is 0 Å². The van der Waals surface area contributed by atoms with Gasteiger partial charge in [0.15, 0.2) is 0 Å². The Morgan fingerprint density at radius 1 is 1.25 bits per heavy atom. The molecule has 0 aliphatic rings. The third-order valence-corrected chi connectivity index (χ3v) is 2.30. The van der Waals surface area contributed by atoms with Crippen LogP contribution in [0.15, 0.2) is 30.8 Å². The molecule has 0 fully saturated rings. The lowest BCUT2D eigenvalue weighted by molar-refractivity contribution is -0.137. The number of benzene rings is 1. The summed E-state index contributed by atoms with van der Waals surface area (Å²) in [5.41, 5.74) is 0.962. The highest BCUT2D eigenvalue weighted by Crippen LogP contribution is 2.30. The van der Waals surface area contributed by atoms with Crippen LogP contribution in [0.3, 0.4) is 0 Å². The second-order valence-corrected chi connectivity index (χ2v) is 3.53. The van der Waals surface area contributed by atoms with Crippen LogP contribution in [0, 0.1) is 0 Å². The van der Waals surface area contributed by atoms with Crippen molar-refractivity contribution in [2.24, 2.45) is 0 Å². The maximum absolute atomic E-state index is 12.3. The zero-order valence-electron chi connectivity index (χ0n) is 9.06. The second kappa shape index (κ2) is 5.16. The fraction of sp³-hybridized carbons (Fsp3) is 0.333. The first-order valence-corrected chi connectivity index (χ1v) is 4.95. The summed E-state index contributed by atoms with van der Waals surface area (Å²) >= 11 is 0. The Kier molecular flexibility index (Phi) is 4.12. The number of hydrogen-bond acceptors (Lipinski definition) is 1. The van der Waals surface area contributed by atoms with Gasteiger partial charge in [-0.15, -0.1) is 0 Å². The lowest BCUT2D eigenvalue weighted by Crippen LogP contribution is -2.08. The van der Waals surface area contributed by atoms with Crippen LogP contribution in [0.2, 0.25) is 0 Å². The van der Waals surface area contributed by atoms with Crippen molar-refractivity contribution in [1.29, 1.82) is 0 Å². The highest BCUT2D eigenvalue weighted by molar-refractivity contribution is 5.63. The van der Waals surface area contributed by atoms with Crippen molar-refractivity contribution >= 4 is 5.57 Å². The molecular formula is C12H14F3N. The summed E-state index contributed by atoms with van der Waals surface area (Å²) in [6.45, 7) is 4.60. The van der Waals surface area contributed by atoms with Gasteiger partial charge in [-0.1, -0.05) is 18.7 Å². The standard InChI is InChI=1S/C12H14F3N/c1-9(7-8-16-2)10-3-5-11(6-4-10)12(13,14)15/h3-6,16H,1,7-8H2,2H3. The largest absolute Gasteiger partial charge is 0.416 e. The van der Waals surface area contributed by atoms with E-state index in [1.165, 1.54) is 12.1 Å². The Morgan fingerprint density at radius 2 is 1.81 bits per heavy atom. The van der Waals surface area contributed by atoms with E-state index in [4.69, 9.17) is 0 Å². The average Bonchev–Trinajstić information content (AvgIpc) is 2.25. The van der Waals surface area contributed by atoms with Gasteiger partial charge in [-0.25, -0.2) is 0 Å². The van der Waals surface area contributed by atoms with Crippen LogP contribution in [0.5, 0.6) is 0 Å². The Morgan fingerprint density at radius 3 is 2.25 bits per heavy atom. The van der Waals surface area contributed by atoms with E-state index in [1.54, 1.807) is 0 Å². The van der Waals surface area contributed by atoms with Crippen LogP contribution < -0.4 is 5.32 Å². The Bertz CT molecular complexity index is 352. The summed E-state index contributed by atoms with van der Waals surface area (Å²) in [7, 11) is 1.82. The summed E-state index contributed by atoms with van der Waals surface area (Å²) < 4.78 is 36.9. The smallest absolute Gasteiger partial charge is 0.319 e. The third kappa shape index (κ3) is 3.38. The van der Waals surface area contributed by atoms with Crippen molar-refractivity contribution in [2.75, 3.05) is 13.6 Å². The fourth-order valence-electron chi connectivity index (χ4n) is 1.32. The van der Waals surface area contributed by atoms with Gasteiger partial charge in [0.25, 0.3) is 0 Å². The molecule has 88 valence electrons. The molecule has 0 saturated heterocycles. The summed E-state index contributed by atoms with van der Waals surface area (Å²) in [6, 6.07) is 5.08. The first-order valence-electron chi connectivity index (χ1n) is 4.95. The minimum Gasteiger partial charge on any atom is -0.319 e. The van der Waals surface area contributed by atoms with E-state index < -0.39 is 11.7 Å². The Balaban J connectivity index is 2.75. The van der Waals surface area contributed by atoms with Crippen LogP contribution in [0.4, 0.5) is 13.2 Å². The molecular weight excluding hydrogens is 215 g/mol. The highest BCUT2D eigenvalue weighted by atomic mass is 19.4. The molecule has 16 heavy (non-hydrogen) atoms. The SMILES string of the molecule is C=C(CCNC)c1ccc(C(F)(F)F)cc1. The quantitative estimate of drug-likeness (QED) is 0.835. The predicted octanol–water partition coefficient (Wildman–Crippen LogP) is 3.33. The van der Waals surface area contributed by atoms with E-state index in [2.05, 4.69) is 11.9 Å². The number of rotatable bonds is 4. The van der Waals surface area contributed by atoms with Gasteiger partial charge in [0.1, 0.15) is 0 Å². The topological polar surface area (TPSA) is 12.0 Å². The van der Waals surface area contributed by atoms with Gasteiger partial charge in [0.2, 0.25) is 0 Å². The zero-order valence-corrected chi connectivity index (χ0v) is 9.06. The molecule has 1 nitrogen and oxygen atoms in total. The fourth-order valence-corrected chi connectivity index (χ4v) is 1.32. The van der Waals surface area contributed by atoms with Crippen LogP contribution in [0.1, 0.15) is 17.5 Å². The van der Waals surface area contributed by atoms with E-state index >= 15 is 0 Å². The van der Waals surface area contributed by atoms with Crippen LogP contribution in [0.25, 0.3) is 5.57 Å². The highest BCUT2D eigenvalue weighted by Gasteiger charge is 2.29. The molecule has 0 aliphatic heterocycles. The van der Waals surface area contributed by atoms with E-state index in [0.717, 1.165) is 36.2 Å². The predicted molar refractivity (Wildman–Crippen MR) is 59.0 cm³/mol. The first-order chi connectivity index (χ1) is 7.45. The zero-order chi connectivity index (χ0) is 12.2. The molecule has 1 rings (SSSR count). The molecule has 0 bridgehead atoms. The molecule has 0 aromatic heterocycles. The van der Waals surface area contributed by atoms with Gasteiger partial charge in [-0.2, -0.15) is 13.2 Å². The van der Waals surface area contributed by atoms with Crippen LogP contribution in [-0.2, 0) is 6.18 Å². The Labute approximate surface area is 93.0 Å². The second-order valence-electron chi connectivity index (χ2n) is 3.53.